The van der Waals surface area contributed by atoms with Gasteiger partial charge in [-0.2, -0.15) is 4.98 Å². The number of aliphatic imine (C=N–C) groups is 1. The quantitative estimate of drug-likeness (QED) is 0.336. The molecule has 1 N–H and O–H groups in total. The minimum atomic E-state index is 0. The molecule has 140 valence electrons. The molecule has 0 saturated heterocycles. The van der Waals surface area contributed by atoms with Gasteiger partial charge in [-0.3, -0.25) is 4.99 Å². The van der Waals surface area contributed by atoms with Crippen LogP contribution in [0.25, 0.3) is 11.4 Å². The second-order valence-electron chi connectivity index (χ2n) is 5.95. The molecule has 0 aliphatic carbocycles. The SMILES string of the molecule is CN=C(NCc1nc(-c2ccc(Cl)cc2)no1)N1CCc2ccccc21.I. The molecular formula is C19H19ClIN5O. The Balaban J connectivity index is 0.00000210. The highest BCUT2D eigenvalue weighted by Crippen LogP contribution is 2.27. The summed E-state index contributed by atoms with van der Waals surface area (Å²) in [6, 6.07) is 15.7. The topological polar surface area (TPSA) is 66.5 Å². The van der Waals surface area contributed by atoms with Crippen LogP contribution in [0.2, 0.25) is 5.02 Å². The van der Waals surface area contributed by atoms with E-state index in [2.05, 4.69) is 43.5 Å². The molecule has 4 rings (SSSR count). The Labute approximate surface area is 179 Å². The molecule has 3 aromatic rings. The Morgan fingerprint density at radius 2 is 2.00 bits per heavy atom. The van der Waals surface area contributed by atoms with Gasteiger partial charge in [-0.05, 0) is 42.3 Å². The van der Waals surface area contributed by atoms with Crippen molar-refractivity contribution >= 4 is 47.2 Å². The molecule has 2 heterocycles. The summed E-state index contributed by atoms with van der Waals surface area (Å²) in [6.07, 6.45) is 1.01. The number of guanidine groups is 1. The molecule has 6 nitrogen and oxygen atoms in total. The summed E-state index contributed by atoms with van der Waals surface area (Å²) < 4.78 is 5.35. The number of fused-ring (bicyclic) bond motifs is 1. The number of nitrogens with zero attached hydrogens (tertiary/aromatic N) is 4. The van der Waals surface area contributed by atoms with Gasteiger partial charge < -0.3 is 14.7 Å². The molecule has 0 radical (unpaired) electrons. The van der Waals surface area contributed by atoms with Gasteiger partial charge in [0.2, 0.25) is 11.7 Å². The fourth-order valence-corrected chi connectivity index (χ4v) is 3.18. The van der Waals surface area contributed by atoms with E-state index in [1.165, 1.54) is 11.3 Å². The van der Waals surface area contributed by atoms with E-state index < -0.39 is 0 Å². The van der Waals surface area contributed by atoms with Crippen molar-refractivity contribution in [2.75, 3.05) is 18.5 Å². The van der Waals surface area contributed by atoms with Gasteiger partial charge in [-0.1, -0.05) is 35.0 Å². The molecule has 0 saturated carbocycles. The lowest BCUT2D eigenvalue weighted by molar-refractivity contribution is 0.375. The number of nitrogens with one attached hydrogen (secondary N) is 1. The first kappa shape index (κ1) is 19.6. The maximum absolute atomic E-state index is 5.91. The van der Waals surface area contributed by atoms with Gasteiger partial charge in [0.1, 0.15) is 0 Å². The smallest absolute Gasteiger partial charge is 0.246 e. The highest BCUT2D eigenvalue weighted by Gasteiger charge is 2.22. The van der Waals surface area contributed by atoms with Gasteiger partial charge >= 0.3 is 0 Å². The molecule has 1 aliphatic rings. The van der Waals surface area contributed by atoms with Gasteiger partial charge in [0.05, 0.1) is 6.54 Å². The van der Waals surface area contributed by atoms with Gasteiger partial charge in [0.15, 0.2) is 5.96 Å². The van der Waals surface area contributed by atoms with Gasteiger partial charge in [-0.25, -0.2) is 0 Å². The van der Waals surface area contributed by atoms with Crippen LogP contribution in [-0.4, -0.2) is 29.7 Å². The van der Waals surface area contributed by atoms with Crippen LogP contribution < -0.4 is 10.2 Å². The fraction of sp³-hybridized carbons (Fsp3) is 0.211. The van der Waals surface area contributed by atoms with Crippen molar-refractivity contribution in [2.24, 2.45) is 4.99 Å². The minimum absolute atomic E-state index is 0. The van der Waals surface area contributed by atoms with E-state index in [9.17, 15) is 0 Å². The molecule has 2 aromatic carbocycles. The molecular weight excluding hydrogens is 477 g/mol. The van der Waals surface area contributed by atoms with Crippen LogP contribution in [-0.2, 0) is 13.0 Å². The van der Waals surface area contributed by atoms with E-state index >= 15 is 0 Å². The van der Waals surface area contributed by atoms with E-state index in [1.54, 1.807) is 19.2 Å². The number of benzene rings is 2. The first-order valence-corrected chi connectivity index (χ1v) is 8.77. The van der Waals surface area contributed by atoms with Crippen molar-refractivity contribution in [3.05, 3.63) is 65.0 Å². The summed E-state index contributed by atoms with van der Waals surface area (Å²) in [7, 11) is 1.77. The zero-order valence-corrected chi connectivity index (χ0v) is 17.8. The number of hydrogen-bond donors (Lipinski definition) is 1. The van der Waals surface area contributed by atoms with E-state index in [0.29, 0.717) is 23.3 Å². The Kier molecular flexibility index (Phi) is 6.33. The Morgan fingerprint density at radius 1 is 1.22 bits per heavy atom. The van der Waals surface area contributed by atoms with Crippen molar-refractivity contribution in [3.63, 3.8) is 0 Å². The highest BCUT2D eigenvalue weighted by atomic mass is 127. The van der Waals surface area contributed by atoms with Gasteiger partial charge in [0, 0.05) is 29.9 Å². The number of hydrogen-bond acceptors (Lipinski definition) is 4. The molecule has 27 heavy (non-hydrogen) atoms. The molecule has 0 fully saturated rings. The Hall–Kier alpha value is -2.13. The summed E-state index contributed by atoms with van der Waals surface area (Å²) in [5, 5.41) is 8.01. The standard InChI is InChI=1S/C19H18ClN5O.HI/c1-21-19(25-11-10-13-4-2-3-5-16(13)25)22-12-17-23-18(24-26-17)14-6-8-15(20)9-7-14;/h2-9H,10-12H2,1H3,(H,21,22);1H. The second-order valence-corrected chi connectivity index (χ2v) is 6.39. The Morgan fingerprint density at radius 3 is 2.78 bits per heavy atom. The molecule has 0 bridgehead atoms. The minimum Gasteiger partial charge on any atom is -0.347 e. The largest absolute Gasteiger partial charge is 0.347 e. The summed E-state index contributed by atoms with van der Waals surface area (Å²) in [5.74, 6) is 1.84. The maximum Gasteiger partial charge on any atom is 0.246 e. The third-order valence-corrected chi connectivity index (χ3v) is 4.57. The predicted molar refractivity (Wildman–Crippen MR) is 118 cm³/mol. The lowest BCUT2D eigenvalue weighted by Gasteiger charge is -2.21. The van der Waals surface area contributed by atoms with E-state index in [-0.39, 0.29) is 24.0 Å². The molecule has 0 amide bonds. The molecule has 8 heteroatoms. The number of anilines is 1. The molecule has 0 spiro atoms. The van der Waals surface area contributed by atoms with E-state index in [4.69, 9.17) is 16.1 Å². The third kappa shape index (κ3) is 4.24. The van der Waals surface area contributed by atoms with Gasteiger partial charge in [0.25, 0.3) is 0 Å². The molecule has 1 aliphatic heterocycles. The zero-order valence-electron chi connectivity index (χ0n) is 14.7. The number of rotatable bonds is 3. The van der Waals surface area contributed by atoms with Crippen LogP contribution in [0.4, 0.5) is 5.69 Å². The average molecular weight is 496 g/mol. The monoisotopic (exact) mass is 495 g/mol. The first-order valence-electron chi connectivity index (χ1n) is 8.39. The Bertz CT molecular complexity index is 941. The number of halogens is 2. The van der Waals surface area contributed by atoms with Crippen LogP contribution in [0.1, 0.15) is 11.5 Å². The van der Waals surface area contributed by atoms with Crippen molar-refractivity contribution in [1.82, 2.24) is 15.5 Å². The third-order valence-electron chi connectivity index (χ3n) is 4.32. The lowest BCUT2D eigenvalue weighted by Crippen LogP contribution is -2.40. The number of para-hydroxylation sites is 1. The number of aromatic nitrogens is 2. The van der Waals surface area contributed by atoms with Crippen LogP contribution >= 0.6 is 35.6 Å². The van der Waals surface area contributed by atoms with Crippen LogP contribution in [0.5, 0.6) is 0 Å². The average Bonchev–Trinajstić information content (AvgIpc) is 3.31. The normalized spacial score (nSPS) is 13.3. The summed E-state index contributed by atoms with van der Waals surface area (Å²) in [4.78, 5) is 11.0. The molecule has 1 aromatic heterocycles. The maximum atomic E-state index is 5.91. The van der Waals surface area contributed by atoms with Crippen molar-refractivity contribution < 1.29 is 4.52 Å². The van der Waals surface area contributed by atoms with Crippen molar-refractivity contribution in [2.45, 2.75) is 13.0 Å². The highest BCUT2D eigenvalue weighted by molar-refractivity contribution is 14.0. The van der Waals surface area contributed by atoms with E-state index in [0.717, 1.165) is 24.5 Å². The van der Waals surface area contributed by atoms with Crippen LogP contribution in [0.3, 0.4) is 0 Å². The fourth-order valence-electron chi connectivity index (χ4n) is 3.05. The zero-order chi connectivity index (χ0) is 17.9. The molecule has 0 unspecified atom stereocenters. The first-order chi connectivity index (χ1) is 12.7. The summed E-state index contributed by atoms with van der Waals surface area (Å²) in [5.41, 5.74) is 3.38. The summed E-state index contributed by atoms with van der Waals surface area (Å²) in [6.45, 7) is 1.31. The second kappa shape index (κ2) is 8.71. The lowest BCUT2D eigenvalue weighted by atomic mass is 10.2. The van der Waals surface area contributed by atoms with Crippen LogP contribution in [0.15, 0.2) is 58.0 Å². The van der Waals surface area contributed by atoms with Crippen molar-refractivity contribution in [3.8, 4) is 11.4 Å². The van der Waals surface area contributed by atoms with Gasteiger partial charge in [-0.15, -0.1) is 24.0 Å². The van der Waals surface area contributed by atoms with Crippen molar-refractivity contribution in [1.29, 1.82) is 0 Å². The predicted octanol–water partition coefficient (Wildman–Crippen LogP) is 4.15. The summed E-state index contributed by atoms with van der Waals surface area (Å²) >= 11 is 5.91. The molecule has 0 atom stereocenters. The van der Waals surface area contributed by atoms with Crippen LogP contribution in [0, 0.1) is 0 Å². The van der Waals surface area contributed by atoms with E-state index in [1.807, 2.05) is 18.2 Å².